The van der Waals surface area contributed by atoms with E-state index in [1.165, 1.54) is 24.1 Å². The van der Waals surface area contributed by atoms with Crippen LogP contribution < -0.4 is 19.1 Å². The molecule has 40 heavy (non-hydrogen) atoms. The minimum absolute atomic E-state index is 0.0277. The van der Waals surface area contributed by atoms with Crippen LogP contribution in [0.25, 0.3) is 5.76 Å². The molecular formula is C32H35NO7. The maximum Gasteiger partial charge on any atom is 0.300 e. The normalized spacial score (nSPS) is 16.8. The van der Waals surface area contributed by atoms with Crippen LogP contribution in [0.4, 0.5) is 5.69 Å². The van der Waals surface area contributed by atoms with Gasteiger partial charge in [-0.05, 0) is 66.8 Å². The van der Waals surface area contributed by atoms with Crippen LogP contribution >= 0.6 is 0 Å². The number of methoxy groups -OCH3 is 1. The molecule has 0 saturated carbocycles. The zero-order valence-corrected chi connectivity index (χ0v) is 23.6. The fourth-order valence-corrected chi connectivity index (χ4v) is 4.77. The first kappa shape index (κ1) is 28.5. The average molecular weight is 546 g/mol. The third-order valence-corrected chi connectivity index (χ3v) is 6.78. The van der Waals surface area contributed by atoms with Crippen molar-refractivity contribution in [3.63, 3.8) is 0 Å². The van der Waals surface area contributed by atoms with Crippen molar-refractivity contribution in [1.82, 2.24) is 0 Å². The summed E-state index contributed by atoms with van der Waals surface area (Å²) in [6, 6.07) is 15.6. The van der Waals surface area contributed by atoms with Crippen molar-refractivity contribution in [1.29, 1.82) is 0 Å². The molecule has 8 heteroatoms. The molecule has 1 amide bonds. The zero-order chi connectivity index (χ0) is 29.2. The highest BCUT2D eigenvalue weighted by Crippen LogP contribution is 2.45. The molecule has 210 valence electrons. The maximum absolute atomic E-state index is 13.7. The van der Waals surface area contributed by atoms with Crippen molar-refractivity contribution in [2.24, 2.45) is 0 Å². The lowest BCUT2D eigenvalue weighted by Crippen LogP contribution is -2.29. The van der Waals surface area contributed by atoms with E-state index in [0.717, 1.165) is 5.56 Å². The summed E-state index contributed by atoms with van der Waals surface area (Å²) in [4.78, 5) is 28.6. The number of aromatic hydroxyl groups is 1. The summed E-state index contributed by atoms with van der Waals surface area (Å²) in [5.74, 6) is -0.677. The van der Waals surface area contributed by atoms with Gasteiger partial charge in [0.1, 0.15) is 17.3 Å². The Morgan fingerprint density at radius 3 is 2.10 bits per heavy atom. The van der Waals surface area contributed by atoms with Crippen LogP contribution in [-0.2, 0) is 15.0 Å². The molecule has 1 atom stereocenters. The molecule has 1 aliphatic heterocycles. The quantitative estimate of drug-likeness (QED) is 0.200. The molecule has 0 radical (unpaired) electrons. The molecule has 1 aliphatic rings. The molecule has 1 fully saturated rings. The highest BCUT2D eigenvalue weighted by molar-refractivity contribution is 6.51. The second kappa shape index (κ2) is 11.3. The van der Waals surface area contributed by atoms with E-state index in [2.05, 4.69) is 0 Å². The molecule has 0 spiro atoms. The first-order valence-electron chi connectivity index (χ1n) is 13.2. The van der Waals surface area contributed by atoms with Crippen molar-refractivity contribution in [3.8, 4) is 23.0 Å². The Morgan fingerprint density at radius 1 is 0.875 bits per heavy atom. The summed E-state index contributed by atoms with van der Waals surface area (Å²) in [6.07, 6.45) is 0. The monoisotopic (exact) mass is 545 g/mol. The fourth-order valence-electron chi connectivity index (χ4n) is 4.77. The number of phenolic OH excluding ortho intramolecular Hbond substituents is 1. The smallest absolute Gasteiger partial charge is 0.300 e. The van der Waals surface area contributed by atoms with Crippen molar-refractivity contribution < 1.29 is 34.0 Å². The van der Waals surface area contributed by atoms with Crippen LogP contribution in [0.15, 0.2) is 66.2 Å². The van der Waals surface area contributed by atoms with E-state index in [9.17, 15) is 19.8 Å². The van der Waals surface area contributed by atoms with Crippen LogP contribution in [0, 0.1) is 0 Å². The summed E-state index contributed by atoms with van der Waals surface area (Å²) in [6.45, 7) is 10.6. The SMILES string of the molecule is CCOc1ccc(N2C(=O)C(=O)/C(=C(/O)c3cc(C(C)(C)C)ccc3OC)C2c2ccc(O)cc2)cc1OCC. The Labute approximate surface area is 234 Å². The van der Waals surface area contributed by atoms with Gasteiger partial charge in [0.25, 0.3) is 11.7 Å². The molecule has 1 heterocycles. The Bertz CT molecular complexity index is 1450. The second-order valence-electron chi connectivity index (χ2n) is 10.4. The van der Waals surface area contributed by atoms with Crippen LogP contribution in [0.1, 0.15) is 57.4 Å². The molecule has 2 N–H and O–H groups in total. The Hall–Kier alpha value is -4.46. The van der Waals surface area contributed by atoms with Crippen molar-refractivity contribution in [2.45, 2.75) is 46.1 Å². The first-order chi connectivity index (χ1) is 19.0. The molecular weight excluding hydrogens is 510 g/mol. The average Bonchev–Trinajstić information content (AvgIpc) is 3.19. The van der Waals surface area contributed by atoms with Gasteiger partial charge in [-0.3, -0.25) is 14.5 Å². The van der Waals surface area contributed by atoms with Gasteiger partial charge in [-0.1, -0.05) is 39.0 Å². The van der Waals surface area contributed by atoms with Gasteiger partial charge in [0.15, 0.2) is 11.5 Å². The number of amides is 1. The van der Waals surface area contributed by atoms with Gasteiger partial charge < -0.3 is 24.4 Å². The molecule has 3 aromatic carbocycles. The van der Waals surface area contributed by atoms with Gasteiger partial charge in [0.2, 0.25) is 0 Å². The van der Waals surface area contributed by atoms with Gasteiger partial charge in [0, 0.05) is 11.8 Å². The Balaban J connectivity index is 1.97. The largest absolute Gasteiger partial charge is 0.508 e. The number of ketones is 1. The number of aliphatic hydroxyl groups is 1. The minimum atomic E-state index is -0.990. The maximum atomic E-state index is 13.7. The number of ether oxygens (including phenoxy) is 3. The van der Waals surface area contributed by atoms with Crippen LogP contribution in [-0.4, -0.2) is 42.2 Å². The summed E-state index contributed by atoms with van der Waals surface area (Å²) in [5, 5.41) is 21.7. The van der Waals surface area contributed by atoms with Crippen LogP contribution in [0.2, 0.25) is 0 Å². The lowest BCUT2D eigenvalue weighted by molar-refractivity contribution is -0.132. The number of phenols is 1. The molecule has 0 aromatic heterocycles. The summed E-state index contributed by atoms with van der Waals surface area (Å²) < 4.78 is 17.0. The molecule has 1 saturated heterocycles. The van der Waals surface area contributed by atoms with Gasteiger partial charge in [-0.25, -0.2) is 0 Å². The number of hydrogen-bond acceptors (Lipinski definition) is 7. The summed E-state index contributed by atoms with van der Waals surface area (Å²) >= 11 is 0. The second-order valence-corrected chi connectivity index (χ2v) is 10.4. The number of rotatable bonds is 8. The fraction of sp³-hybridized carbons (Fsp3) is 0.312. The van der Waals surface area contributed by atoms with E-state index < -0.39 is 17.7 Å². The third kappa shape index (κ3) is 5.34. The lowest BCUT2D eigenvalue weighted by Gasteiger charge is -2.26. The molecule has 3 aromatic rings. The van der Waals surface area contributed by atoms with Crippen LogP contribution in [0.3, 0.4) is 0 Å². The number of nitrogens with zero attached hydrogens (tertiary/aromatic N) is 1. The predicted molar refractivity (Wildman–Crippen MR) is 153 cm³/mol. The lowest BCUT2D eigenvalue weighted by atomic mass is 9.85. The zero-order valence-electron chi connectivity index (χ0n) is 23.6. The molecule has 8 nitrogen and oxygen atoms in total. The standard InChI is InChI=1S/C32H35NO7/c1-7-39-25-16-12-21(18-26(25)40-8-2)33-28(19-9-13-22(34)14-10-19)27(30(36)31(33)37)29(35)23-17-20(32(3,4)5)11-15-24(23)38-6/h9-18,28,34-35H,7-8H2,1-6H3/b29-27+. The molecule has 4 rings (SSSR count). The predicted octanol–water partition coefficient (Wildman–Crippen LogP) is 6.12. The molecule has 0 aliphatic carbocycles. The summed E-state index contributed by atoms with van der Waals surface area (Å²) in [5.41, 5.74) is 1.79. The topological polar surface area (TPSA) is 106 Å². The third-order valence-electron chi connectivity index (χ3n) is 6.78. The van der Waals surface area contributed by atoms with E-state index in [1.54, 1.807) is 42.5 Å². The van der Waals surface area contributed by atoms with E-state index in [0.29, 0.717) is 47.3 Å². The van der Waals surface area contributed by atoms with E-state index in [1.807, 2.05) is 40.7 Å². The molecule has 1 unspecified atom stereocenters. The van der Waals surface area contributed by atoms with E-state index in [-0.39, 0.29) is 22.5 Å². The number of benzene rings is 3. The number of carbonyl (C=O) groups excluding carboxylic acids is 2. The minimum Gasteiger partial charge on any atom is -0.508 e. The van der Waals surface area contributed by atoms with Gasteiger partial charge in [-0.2, -0.15) is 0 Å². The highest BCUT2D eigenvalue weighted by Gasteiger charge is 2.47. The van der Waals surface area contributed by atoms with Crippen LogP contribution in [0.5, 0.6) is 23.0 Å². The first-order valence-corrected chi connectivity index (χ1v) is 13.2. The van der Waals surface area contributed by atoms with Gasteiger partial charge >= 0.3 is 0 Å². The molecule has 0 bridgehead atoms. The van der Waals surface area contributed by atoms with Gasteiger partial charge in [0.05, 0.1) is 37.5 Å². The number of anilines is 1. The number of carbonyl (C=O) groups is 2. The van der Waals surface area contributed by atoms with Crippen molar-refractivity contribution >= 4 is 23.1 Å². The van der Waals surface area contributed by atoms with Crippen molar-refractivity contribution in [2.75, 3.05) is 25.2 Å². The Morgan fingerprint density at radius 2 is 1.50 bits per heavy atom. The van der Waals surface area contributed by atoms with Crippen molar-refractivity contribution in [3.05, 3.63) is 82.9 Å². The number of aliphatic hydroxyl groups excluding tert-OH is 1. The number of Topliss-reactive ketones (excluding diaryl/α,β-unsaturated/α-hetero) is 1. The summed E-state index contributed by atoms with van der Waals surface area (Å²) in [7, 11) is 1.48. The van der Waals surface area contributed by atoms with Gasteiger partial charge in [-0.15, -0.1) is 0 Å². The Kier molecular flexibility index (Phi) is 8.09. The highest BCUT2D eigenvalue weighted by atomic mass is 16.5. The number of hydrogen-bond donors (Lipinski definition) is 2. The van der Waals surface area contributed by atoms with E-state index in [4.69, 9.17) is 14.2 Å². The van der Waals surface area contributed by atoms with E-state index >= 15 is 0 Å².